The SMILES string of the molecule is O=C(CSC1CCS(=O)(=O)C1)Nc1ccccc1N1CCCCC1. The van der Waals surface area contributed by atoms with Crippen molar-refractivity contribution in [2.75, 3.05) is 40.6 Å². The average molecular weight is 369 g/mol. The molecular weight excluding hydrogens is 344 g/mol. The minimum Gasteiger partial charge on any atom is -0.370 e. The number of carbonyl (C=O) groups is 1. The molecule has 0 saturated carbocycles. The summed E-state index contributed by atoms with van der Waals surface area (Å²) in [5, 5.41) is 3.06. The number of sulfone groups is 1. The van der Waals surface area contributed by atoms with Gasteiger partial charge in [0.1, 0.15) is 0 Å². The van der Waals surface area contributed by atoms with Crippen molar-refractivity contribution in [2.45, 2.75) is 30.9 Å². The van der Waals surface area contributed by atoms with Gasteiger partial charge in [0, 0.05) is 18.3 Å². The van der Waals surface area contributed by atoms with Gasteiger partial charge in [-0.15, -0.1) is 11.8 Å². The molecule has 2 heterocycles. The number of anilines is 2. The van der Waals surface area contributed by atoms with E-state index in [0.29, 0.717) is 12.2 Å². The molecule has 2 aliphatic heterocycles. The number of piperidine rings is 1. The molecule has 0 aromatic heterocycles. The van der Waals surface area contributed by atoms with Crippen LogP contribution in [0.3, 0.4) is 0 Å². The van der Waals surface area contributed by atoms with Gasteiger partial charge in [-0.05, 0) is 37.8 Å². The van der Waals surface area contributed by atoms with Crippen LogP contribution in [-0.2, 0) is 14.6 Å². The number of thioether (sulfide) groups is 1. The monoisotopic (exact) mass is 368 g/mol. The third-order valence-electron chi connectivity index (χ3n) is 4.52. The van der Waals surface area contributed by atoms with E-state index in [1.54, 1.807) is 0 Å². The maximum Gasteiger partial charge on any atom is 0.234 e. The largest absolute Gasteiger partial charge is 0.370 e. The van der Waals surface area contributed by atoms with Crippen LogP contribution in [0.5, 0.6) is 0 Å². The first-order chi connectivity index (χ1) is 11.5. The summed E-state index contributed by atoms with van der Waals surface area (Å²) in [6, 6.07) is 7.92. The highest BCUT2D eigenvalue weighted by molar-refractivity contribution is 8.02. The lowest BCUT2D eigenvalue weighted by Crippen LogP contribution is -2.30. The Morgan fingerprint density at radius 2 is 1.96 bits per heavy atom. The number of carbonyl (C=O) groups excluding carboxylic acids is 1. The Balaban J connectivity index is 1.56. The van der Waals surface area contributed by atoms with Gasteiger partial charge in [0.25, 0.3) is 0 Å². The molecule has 0 radical (unpaired) electrons. The van der Waals surface area contributed by atoms with Gasteiger partial charge in [0.05, 0.1) is 28.6 Å². The zero-order valence-corrected chi connectivity index (χ0v) is 15.4. The van der Waals surface area contributed by atoms with Crippen molar-refractivity contribution in [2.24, 2.45) is 0 Å². The average Bonchev–Trinajstić information content (AvgIpc) is 2.93. The van der Waals surface area contributed by atoms with Gasteiger partial charge < -0.3 is 10.2 Å². The molecule has 1 aromatic rings. The predicted molar refractivity (Wildman–Crippen MR) is 101 cm³/mol. The number of nitrogens with one attached hydrogen (secondary N) is 1. The Morgan fingerprint density at radius 3 is 2.67 bits per heavy atom. The minimum absolute atomic E-state index is 0.0538. The standard InChI is InChI=1S/C17H24N2O3S2/c20-17(12-23-14-8-11-24(21,22)13-14)18-15-6-2-3-7-16(15)19-9-4-1-5-10-19/h2-3,6-7,14H,1,4-5,8-13H2,(H,18,20). The molecule has 7 heteroatoms. The van der Waals surface area contributed by atoms with Gasteiger partial charge in [0.15, 0.2) is 9.84 Å². The van der Waals surface area contributed by atoms with Crippen molar-refractivity contribution < 1.29 is 13.2 Å². The zero-order chi connectivity index (χ0) is 17.0. The molecule has 2 fully saturated rings. The van der Waals surface area contributed by atoms with E-state index in [1.165, 1.54) is 31.0 Å². The van der Waals surface area contributed by atoms with Crippen molar-refractivity contribution >= 4 is 38.9 Å². The first-order valence-electron chi connectivity index (χ1n) is 8.49. The molecule has 0 bridgehead atoms. The summed E-state index contributed by atoms with van der Waals surface area (Å²) in [5.74, 6) is 0.697. The Morgan fingerprint density at radius 1 is 1.21 bits per heavy atom. The Bertz CT molecular complexity index is 685. The summed E-state index contributed by atoms with van der Waals surface area (Å²) >= 11 is 1.45. The molecule has 0 spiro atoms. The molecule has 5 nitrogen and oxygen atoms in total. The van der Waals surface area contributed by atoms with E-state index in [0.717, 1.165) is 24.5 Å². The Labute approximate surface area is 148 Å². The van der Waals surface area contributed by atoms with E-state index in [-0.39, 0.29) is 22.7 Å². The van der Waals surface area contributed by atoms with Crippen LogP contribution in [-0.4, -0.2) is 49.9 Å². The highest BCUT2D eigenvalue weighted by Gasteiger charge is 2.28. The summed E-state index contributed by atoms with van der Waals surface area (Å²) in [4.78, 5) is 14.6. The normalized spacial score (nSPS) is 23.2. The summed E-state index contributed by atoms with van der Waals surface area (Å²) in [7, 11) is -2.88. The van der Waals surface area contributed by atoms with Crippen LogP contribution in [0.25, 0.3) is 0 Å². The second kappa shape index (κ2) is 7.78. The van der Waals surface area contributed by atoms with Crippen molar-refractivity contribution in [3.63, 3.8) is 0 Å². The Kier molecular flexibility index (Phi) is 5.71. The fourth-order valence-corrected chi connectivity index (χ4v) is 6.71. The van der Waals surface area contributed by atoms with Crippen molar-refractivity contribution in [3.05, 3.63) is 24.3 Å². The number of rotatable bonds is 5. The van der Waals surface area contributed by atoms with Crippen LogP contribution in [0.1, 0.15) is 25.7 Å². The molecule has 2 saturated heterocycles. The van der Waals surface area contributed by atoms with E-state index in [9.17, 15) is 13.2 Å². The number of benzene rings is 1. The van der Waals surface area contributed by atoms with Gasteiger partial charge in [-0.3, -0.25) is 4.79 Å². The number of hydrogen-bond acceptors (Lipinski definition) is 5. The lowest BCUT2D eigenvalue weighted by Gasteiger charge is -2.30. The van der Waals surface area contributed by atoms with Crippen LogP contribution < -0.4 is 10.2 Å². The van der Waals surface area contributed by atoms with Gasteiger partial charge >= 0.3 is 0 Å². The third-order valence-corrected chi connectivity index (χ3v) is 7.80. The maximum atomic E-state index is 12.3. The van der Waals surface area contributed by atoms with Crippen LogP contribution in [0.15, 0.2) is 24.3 Å². The molecule has 1 aromatic carbocycles. The Hall–Kier alpha value is -1.21. The van der Waals surface area contributed by atoms with Crippen LogP contribution >= 0.6 is 11.8 Å². The molecule has 132 valence electrons. The molecule has 24 heavy (non-hydrogen) atoms. The molecular formula is C17H24N2O3S2. The third kappa shape index (κ3) is 4.66. The van der Waals surface area contributed by atoms with Crippen molar-refractivity contribution in [1.29, 1.82) is 0 Å². The predicted octanol–water partition coefficient (Wildman–Crippen LogP) is 2.54. The van der Waals surface area contributed by atoms with E-state index in [2.05, 4.69) is 16.3 Å². The summed E-state index contributed by atoms with van der Waals surface area (Å²) in [5.41, 5.74) is 1.93. The smallest absolute Gasteiger partial charge is 0.234 e. The fraction of sp³-hybridized carbons (Fsp3) is 0.588. The molecule has 3 rings (SSSR count). The fourth-order valence-electron chi connectivity index (χ4n) is 3.26. The molecule has 2 aliphatic rings. The number of para-hydroxylation sites is 2. The highest BCUT2D eigenvalue weighted by atomic mass is 32.2. The first-order valence-corrected chi connectivity index (χ1v) is 11.4. The summed E-state index contributed by atoms with van der Waals surface area (Å²) < 4.78 is 23.0. The topological polar surface area (TPSA) is 66.5 Å². The van der Waals surface area contributed by atoms with Crippen molar-refractivity contribution in [1.82, 2.24) is 0 Å². The van der Waals surface area contributed by atoms with Gasteiger partial charge in [-0.1, -0.05) is 12.1 Å². The van der Waals surface area contributed by atoms with Crippen LogP contribution in [0, 0.1) is 0 Å². The van der Waals surface area contributed by atoms with Gasteiger partial charge in [-0.25, -0.2) is 8.42 Å². The lowest BCUT2D eigenvalue weighted by molar-refractivity contribution is -0.113. The van der Waals surface area contributed by atoms with Crippen LogP contribution in [0.2, 0.25) is 0 Å². The summed E-state index contributed by atoms with van der Waals surface area (Å²) in [6.07, 6.45) is 4.30. The zero-order valence-electron chi connectivity index (χ0n) is 13.7. The second-order valence-corrected chi connectivity index (χ2v) is 9.97. The van der Waals surface area contributed by atoms with Gasteiger partial charge in [0.2, 0.25) is 5.91 Å². The van der Waals surface area contributed by atoms with Gasteiger partial charge in [-0.2, -0.15) is 0 Å². The minimum atomic E-state index is -2.88. The number of amides is 1. The maximum absolute atomic E-state index is 12.3. The molecule has 1 atom stereocenters. The number of nitrogens with zero attached hydrogens (tertiary/aromatic N) is 1. The first kappa shape index (κ1) is 17.6. The number of hydrogen-bond donors (Lipinski definition) is 1. The lowest BCUT2D eigenvalue weighted by atomic mass is 10.1. The molecule has 1 unspecified atom stereocenters. The van der Waals surface area contributed by atoms with E-state index >= 15 is 0 Å². The van der Waals surface area contributed by atoms with E-state index < -0.39 is 9.84 Å². The quantitative estimate of drug-likeness (QED) is 0.865. The van der Waals surface area contributed by atoms with Crippen LogP contribution in [0.4, 0.5) is 11.4 Å². The van der Waals surface area contributed by atoms with E-state index in [4.69, 9.17) is 0 Å². The second-order valence-electron chi connectivity index (χ2n) is 6.45. The summed E-state index contributed by atoms with van der Waals surface area (Å²) in [6.45, 7) is 2.06. The van der Waals surface area contributed by atoms with Crippen molar-refractivity contribution in [3.8, 4) is 0 Å². The highest BCUT2D eigenvalue weighted by Crippen LogP contribution is 2.29. The molecule has 1 amide bonds. The van der Waals surface area contributed by atoms with E-state index in [1.807, 2.05) is 18.2 Å². The molecule has 0 aliphatic carbocycles. The molecule has 1 N–H and O–H groups in total.